The van der Waals surface area contributed by atoms with Gasteiger partial charge in [0.1, 0.15) is 5.52 Å². The molecule has 0 radical (unpaired) electrons. The van der Waals surface area contributed by atoms with E-state index in [9.17, 15) is 4.79 Å². The Morgan fingerprint density at radius 3 is 2.92 bits per heavy atom. The summed E-state index contributed by atoms with van der Waals surface area (Å²) in [5, 5.41) is 4.22. The lowest BCUT2D eigenvalue weighted by molar-refractivity contribution is 0.310. The molecule has 0 saturated carbocycles. The number of aryl methyl sites for hydroxylation is 2. The number of likely N-dealkylation sites (tertiary alicyclic amines) is 1. The number of hydrogen-bond donors (Lipinski definition) is 0. The van der Waals surface area contributed by atoms with Crippen LogP contribution in [-0.2, 0) is 20.1 Å². The SMILES string of the molecule is Cn1cc2ncn(CC[C@H]3CCN(Cc4ccccc4)C3)c(=O)c2n1. The molecule has 25 heavy (non-hydrogen) atoms. The Kier molecular flexibility index (Phi) is 4.36. The van der Waals surface area contributed by atoms with Gasteiger partial charge in [0.05, 0.1) is 12.5 Å². The van der Waals surface area contributed by atoms with Crippen molar-refractivity contribution >= 4 is 11.0 Å². The average Bonchev–Trinajstić information content (AvgIpc) is 3.21. The number of hydrogen-bond acceptors (Lipinski definition) is 4. The van der Waals surface area contributed by atoms with Crippen molar-refractivity contribution in [3.05, 3.63) is 58.8 Å². The maximum atomic E-state index is 12.5. The third-order valence-electron chi connectivity index (χ3n) is 5.01. The van der Waals surface area contributed by atoms with E-state index < -0.39 is 0 Å². The largest absolute Gasteiger partial charge is 0.299 e. The summed E-state index contributed by atoms with van der Waals surface area (Å²) in [5.41, 5.74) is 2.45. The van der Waals surface area contributed by atoms with Crippen LogP contribution in [0.3, 0.4) is 0 Å². The third-order valence-corrected chi connectivity index (χ3v) is 5.01. The summed E-state index contributed by atoms with van der Waals surface area (Å²) in [6.45, 7) is 3.95. The van der Waals surface area contributed by atoms with Gasteiger partial charge < -0.3 is 0 Å². The Hall–Kier alpha value is -2.47. The fraction of sp³-hybridized carbons (Fsp3) is 0.421. The van der Waals surface area contributed by atoms with Crippen molar-refractivity contribution < 1.29 is 0 Å². The van der Waals surface area contributed by atoms with Crippen molar-refractivity contribution in [1.82, 2.24) is 24.2 Å². The Labute approximate surface area is 146 Å². The van der Waals surface area contributed by atoms with Crippen molar-refractivity contribution in [2.75, 3.05) is 13.1 Å². The predicted molar refractivity (Wildman–Crippen MR) is 97.2 cm³/mol. The van der Waals surface area contributed by atoms with E-state index in [-0.39, 0.29) is 5.56 Å². The molecule has 0 N–H and O–H groups in total. The van der Waals surface area contributed by atoms with Gasteiger partial charge >= 0.3 is 0 Å². The van der Waals surface area contributed by atoms with E-state index in [0.717, 1.165) is 26.1 Å². The molecule has 0 amide bonds. The molecule has 6 heteroatoms. The van der Waals surface area contributed by atoms with Crippen molar-refractivity contribution in [2.45, 2.75) is 25.9 Å². The van der Waals surface area contributed by atoms with Crippen LogP contribution in [-0.4, -0.2) is 37.3 Å². The molecular formula is C19H23N5O. The van der Waals surface area contributed by atoms with Crippen LogP contribution in [0.4, 0.5) is 0 Å². The third kappa shape index (κ3) is 3.49. The Morgan fingerprint density at radius 2 is 2.08 bits per heavy atom. The predicted octanol–water partition coefficient (Wildman–Crippen LogP) is 2.04. The van der Waals surface area contributed by atoms with Crippen LogP contribution in [0.25, 0.3) is 11.0 Å². The van der Waals surface area contributed by atoms with Gasteiger partial charge in [0.25, 0.3) is 5.56 Å². The highest BCUT2D eigenvalue weighted by Gasteiger charge is 2.22. The van der Waals surface area contributed by atoms with Crippen LogP contribution >= 0.6 is 0 Å². The molecule has 0 unspecified atom stereocenters. The lowest BCUT2D eigenvalue weighted by Crippen LogP contribution is -2.23. The summed E-state index contributed by atoms with van der Waals surface area (Å²) in [7, 11) is 1.81. The molecule has 2 aromatic heterocycles. The second kappa shape index (κ2) is 6.80. The maximum absolute atomic E-state index is 12.5. The second-order valence-electron chi connectivity index (χ2n) is 6.94. The first-order chi connectivity index (χ1) is 12.2. The second-order valence-corrected chi connectivity index (χ2v) is 6.94. The molecule has 4 rings (SSSR count). The first-order valence-corrected chi connectivity index (χ1v) is 8.84. The number of benzene rings is 1. The molecule has 1 saturated heterocycles. The molecule has 1 aromatic carbocycles. The van der Waals surface area contributed by atoms with Gasteiger partial charge in [-0.15, -0.1) is 0 Å². The highest BCUT2D eigenvalue weighted by Crippen LogP contribution is 2.21. The van der Waals surface area contributed by atoms with Gasteiger partial charge in [-0.3, -0.25) is 18.9 Å². The van der Waals surface area contributed by atoms with E-state index in [0.29, 0.717) is 23.5 Å². The number of nitrogens with zero attached hydrogens (tertiary/aromatic N) is 5. The molecular weight excluding hydrogens is 314 g/mol. The molecule has 1 aliphatic heterocycles. The molecule has 1 aliphatic rings. The zero-order valence-corrected chi connectivity index (χ0v) is 14.5. The zero-order valence-electron chi connectivity index (χ0n) is 14.5. The van der Waals surface area contributed by atoms with Crippen LogP contribution in [0, 0.1) is 5.92 Å². The number of aromatic nitrogens is 4. The van der Waals surface area contributed by atoms with Crippen LogP contribution in [0.5, 0.6) is 0 Å². The topological polar surface area (TPSA) is 56.0 Å². The minimum Gasteiger partial charge on any atom is -0.299 e. The number of fused-ring (bicyclic) bond motifs is 1. The molecule has 130 valence electrons. The van der Waals surface area contributed by atoms with Gasteiger partial charge in [-0.2, -0.15) is 5.10 Å². The fourth-order valence-electron chi connectivity index (χ4n) is 3.66. The van der Waals surface area contributed by atoms with E-state index in [4.69, 9.17) is 0 Å². The highest BCUT2D eigenvalue weighted by atomic mass is 16.1. The van der Waals surface area contributed by atoms with E-state index >= 15 is 0 Å². The standard InChI is InChI=1S/C19H23N5O/c1-22-13-17-18(21-22)19(25)24(14-20-17)10-8-16-7-9-23(12-16)11-15-5-3-2-4-6-15/h2-6,13-14,16H,7-12H2,1H3/t16-/m1/s1. The summed E-state index contributed by atoms with van der Waals surface area (Å²) in [4.78, 5) is 19.3. The van der Waals surface area contributed by atoms with E-state index in [2.05, 4.69) is 45.3 Å². The number of rotatable bonds is 5. The normalized spacial score (nSPS) is 18.2. The lowest BCUT2D eigenvalue weighted by Gasteiger charge is -2.16. The van der Waals surface area contributed by atoms with Crippen LogP contribution in [0.1, 0.15) is 18.4 Å². The minimum atomic E-state index is -0.0373. The summed E-state index contributed by atoms with van der Waals surface area (Å²) < 4.78 is 3.34. The molecule has 3 aromatic rings. The van der Waals surface area contributed by atoms with Gasteiger partial charge in [0, 0.05) is 26.7 Å². The molecule has 6 nitrogen and oxygen atoms in total. The van der Waals surface area contributed by atoms with Crippen molar-refractivity contribution in [1.29, 1.82) is 0 Å². The molecule has 0 bridgehead atoms. The molecule has 1 atom stereocenters. The average molecular weight is 337 g/mol. The van der Waals surface area contributed by atoms with Crippen LogP contribution < -0.4 is 5.56 Å². The van der Waals surface area contributed by atoms with E-state index in [1.165, 1.54) is 12.0 Å². The van der Waals surface area contributed by atoms with Gasteiger partial charge in [0.2, 0.25) is 0 Å². The summed E-state index contributed by atoms with van der Waals surface area (Å²) in [6, 6.07) is 10.6. The molecule has 0 aliphatic carbocycles. The van der Waals surface area contributed by atoms with Gasteiger partial charge in [0.15, 0.2) is 5.52 Å². The summed E-state index contributed by atoms with van der Waals surface area (Å²) >= 11 is 0. The molecule has 3 heterocycles. The first-order valence-electron chi connectivity index (χ1n) is 8.84. The maximum Gasteiger partial charge on any atom is 0.281 e. The molecule has 0 spiro atoms. The fourth-order valence-corrected chi connectivity index (χ4v) is 3.66. The first kappa shape index (κ1) is 16.0. The highest BCUT2D eigenvalue weighted by molar-refractivity contribution is 5.71. The van der Waals surface area contributed by atoms with Gasteiger partial charge in [-0.25, -0.2) is 4.98 Å². The van der Waals surface area contributed by atoms with Gasteiger partial charge in [-0.1, -0.05) is 30.3 Å². The monoisotopic (exact) mass is 337 g/mol. The van der Waals surface area contributed by atoms with E-state index in [1.807, 2.05) is 7.05 Å². The van der Waals surface area contributed by atoms with Crippen molar-refractivity contribution in [3.8, 4) is 0 Å². The Bertz CT molecular complexity index is 914. The summed E-state index contributed by atoms with van der Waals surface area (Å²) in [6.07, 6.45) is 5.63. The smallest absolute Gasteiger partial charge is 0.281 e. The van der Waals surface area contributed by atoms with Gasteiger partial charge in [-0.05, 0) is 30.9 Å². The van der Waals surface area contributed by atoms with Crippen molar-refractivity contribution in [2.24, 2.45) is 13.0 Å². The lowest BCUT2D eigenvalue weighted by atomic mass is 10.1. The van der Waals surface area contributed by atoms with E-state index in [1.54, 1.807) is 21.8 Å². The van der Waals surface area contributed by atoms with Crippen LogP contribution in [0.2, 0.25) is 0 Å². The Balaban J connectivity index is 1.36. The minimum absolute atomic E-state index is 0.0373. The quantitative estimate of drug-likeness (QED) is 0.715. The summed E-state index contributed by atoms with van der Waals surface area (Å²) in [5.74, 6) is 0.634. The molecule has 1 fully saturated rings. The zero-order chi connectivity index (χ0) is 17.2. The van der Waals surface area contributed by atoms with Crippen molar-refractivity contribution in [3.63, 3.8) is 0 Å². The Morgan fingerprint density at radius 1 is 1.24 bits per heavy atom. The van der Waals surface area contributed by atoms with Crippen LogP contribution in [0.15, 0.2) is 47.7 Å².